The molecule has 0 radical (unpaired) electrons. The largest absolute Gasteiger partial charge is 0.303 e. The number of rotatable bonds is 3. The van der Waals surface area contributed by atoms with Crippen LogP contribution in [0.5, 0.6) is 0 Å². The fourth-order valence-corrected chi connectivity index (χ4v) is 4.73. The summed E-state index contributed by atoms with van der Waals surface area (Å²) in [6, 6.07) is 0. The summed E-state index contributed by atoms with van der Waals surface area (Å²) in [4.78, 5) is 10.6. The summed E-state index contributed by atoms with van der Waals surface area (Å²) in [6.07, 6.45) is 6.04. The number of aldehydes is 1. The van der Waals surface area contributed by atoms with Crippen LogP contribution in [0.3, 0.4) is 0 Å². The Kier molecular flexibility index (Phi) is 3.64. The van der Waals surface area contributed by atoms with Crippen LogP contribution < -0.4 is 0 Å². The topological polar surface area (TPSA) is 54.5 Å². The van der Waals surface area contributed by atoms with Crippen molar-refractivity contribution in [2.45, 2.75) is 43.8 Å². The van der Waals surface area contributed by atoms with Gasteiger partial charge in [0.05, 0.1) is 5.25 Å². The molecule has 0 spiro atoms. The highest BCUT2D eigenvalue weighted by Crippen LogP contribution is 2.29. The van der Waals surface area contributed by atoms with Crippen LogP contribution in [0.4, 0.5) is 0 Å². The van der Waals surface area contributed by atoms with Gasteiger partial charge in [0.1, 0.15) is 6.29 Å². The van der Waals surface area contributed by atoms with Crippen LogP contribution in [0.15, 0.2) is 0 Å². The predicted octanol–water partition coefficient (Wildman–Crippen LogP) is 1.17. The van der Waals surface area contributed by atoms with Crippen LogP contribution in [0.1, 0.15) is 38.5 Å². The standard InChI is InChI=1S/C11H19NO3S/c13-9-10-5-7-12(8-6-10)16(14,15)11-3-1-2-4-11/h9-11H,1-8H2. The van der Waals surface area contributed by atoms with Crippen molar-refractivity contribution in [3.8, 4) is 0 Å². The zero-order valence-corrected chi connectivity index (χ0v) is 10.3. The lowest BCUT2D eigenvalue weighted by Crippen LogP contribution is -2.42. The second-order valence-corrected chi connectivity index (χ2v) is 7.04. The molecule has 0 atom stereocenters. The zero-order valence-electron chi connectivity index (χ0n) is 9.47. The first kappa shape index (κ1) is 12.0. The van der Waals surface area contributed by atoms with E-state index in [4.69, 9.17) is 0 Å². The fourth-order valence-electron chi connectivity index (χ4n) is 2.66. The molecule has 0 amide bonds. The molecule has 2 fully saturated rings. The van der Waals surface area contributed by atoms with Gasteiger partial charge in [-0.2, -0.15) is 0 Å². The van der Waals surface area contributed by atoms with Gasteiger partial charge in [-0.1, -0.05) is 12.8 Å². The molecule has 0 aromatic rings. The van der Waals surface area contributed by atoms with E-state index >= 15 is 0 Å². The second kappa shape index (κ2) is 4.84. The highest BCUT2D eigenvalue weighted by atomic mass is 32.2. The van der Waals surface area contributed by atoms with Gasteiger partial charge in [-0.3, -0.25) is 0 Å². The molecule has 2 rings (SSSR count). The van der Waals surface area contributed by atoms with Gasteiger partial charge < -0.3 is 4.79 Å². The maximum Gasteiger partial charge on any atom is 0.216 e. The van der Waals surface area contributed by atoms with Gasteiger partial charge in [0.15, 0.2) is 0 Å². The van der Waals surface area contributed by atoms with Crippen molar-refractivity contribution in [3.63, 3.8) is 0 Å². The Hall–Kier alpha value is -0.420. The Morgan fingerprint density at radius 1 is 1.00 bits per heavy atom. The van der Waals surface area contributed by atoms with Gasteiger partial charge in [0.2, 0.25) is 10.0 Å². The number of sulfonamides is 1. The van der Waals surface area contributed by atoms with E-state index < -0.39 is 10.0 Å². The molecule has 0 N–H and O–H groups in total. The minimum Gasteiger partial charge on any atom is -0.303 e. The molecular weight excluding hydrogens is 226 g/mol. The number of nitrogens with zero attached hydrogens (tertiary/aromatic N) is 1. The molecule has 1 saturated heterocycles. The first-order valence-electron chi connectivity index (χ1n) is 6.09. The maximum atomic E-state index is 12.2. The third-order valence-electron chi connectivity index (χ3n) is 3.77. The van der Waals surface area contributed by atoms with Crippen LogP contribution in [0.25, 0.3) is 0 Å². The van der Waals surface area contributed by atoms with E-state index in [1.165, 1.54) is 0 Å². The van der Waals surface area contributed by atoms with Gasteiger partial charge in [-0.15, -0.1) is 0 Å². The van der Waals surface area contributed by atoms with Gasteiger partial charge in [0.25, 0.3) is 0 Å². The fraction of sp³-hybridized carbons (Fsp3) is 0.909. The monoisotopic (exact) mass is 245 g/mol. The highest BCUT2D eigenvalue weighted by Gasteiger charge is 2.35. The summed E-state index contributed by atoms with van der Waals surface area (Å²) in [5, 5.41) is -0.153. The van der Waals surface area contributed by atoms with Crippen molar-refractivity contribution in [1.82, 2.24) is 4.31 Å². The number of hydrogen-bond acceptors (Lipinski definition) is 3. The third kappa shape index (κ3) is 2.30. The molecule has 0 aromatic heterocycles. The number of hydrogen-bond donors (Lipinski definition) is 0. The molecule has 16 heavy (non-hydrogen) atoms. The van der Waals surface area contributed by atoms with Crippen LogP contribution in [0, 0.1) is 5.92 Å². The lowest BCUT2D eigenvalue weighted by atomic mass is 10.0. The van der Waals surface area contributed by atoms with Crippen LogP contribution in [0.2, 0.25) is 0 Å². The van der Waals surface area contributed by atoms with Crippen molar-refractivity contribution in [2.24, 2.45) is 5.92 Å². The quantitative estimate of drug-likeness (QED) is 0.701. The highest BCUT2D eigenvalue weighted by molar-refractivity contribution is 7.89. The molecule has 0 aromatic carbocycles. The summed E-state index contributed by atoms with van der Waals surface area (Å²) in [5.41, 5.74) is 0. The van der Waals surface area contributed by atoms with Crippen molar-refractivity contribution < 1.29 is 13.2 Å². The van der Waals surface area contributed by atoms with E-state index in [2.05, 4.69) is 0 Å². The second-order valence-electron chi connectivity index (χ2n) is 4.82. The Morgan fingerprint density at radius 3 is 2.06 bits per heavy atom. The molecule has 1 aliphatic carbocycles. The number of carbonyl (C=O) groups is 1. The van der Waals surface area contributed by atoms with E-state index in [9.17, 15) is 13.2 Å². The Balaban J connectivity index is 1.99. The minimum atomic E-state index is -3.08. The molecule has 1 saturated carbocycles. The molecule has 0 bridgehead atoms. The molecule has 0 unspecified atom stereocenters. The molecular formula is C11H19NO3S. The minimum absolute atomic E-state index is 0.0648. The first-order chi connectivity index (χ1) is 7.64. The number of carbonyl (C=O) groups excluding carboxylic acids is 1. The smallest absolute Gasteiger partial charge is 0.216 e. The first-order valence-corrected chi connectivity index (χ1v) is 7.59. The summed E-state index contributed by atoms with van der Waals surface area (Å²) < 4.78 is 26.0. The van der Waals surface area contributed by atoms with Gasteiger partial charge in [-0.05, 0) is 25.7 Å². The lowest BCUT2D eigenvalue weighted by Gasteiger charge is -2.30. The summed E-state index contributed by atoms with van der Waals surface area (Å²) in [7, 11) is -3.08. The Labute approximate surface area is 97.1 Å². The molecule has 92 valence electrons. The number of piperidine rings is 1. The average molecular weight is 245 g/mol. The van der Waals surface area contributed by atoms with Crippen LogP contribution >= 0.6 is 0 Å². The predicted molar refractivity (Wildman–Crippen MR) is 61.5 cm³/mol. The van der Waals surface area contributed by atoms with Crippen molar-refractivity contribution in [3.05, 3.63) is 0 Å². The lowest BCUT2D eigenvalue weighted by molar-refractivity contribution is -0.112. The normalized spacial score (nSPS) is 26.0. The summed E-state index contributed by atoms with van der Waals surface area (Å²) in [6.45, 7) is 1.06. The molecule has 2 aliphatic rings. The van der Waals surface area contributed by atoms with Crippen LogP contribution in [-0.2, 0) is 14.8 Å². The van der Waals surface area contributed by atoms with Gasteiger partial charge in [-0.25, -0.2) is 12.7 Å². The Morgan fingerprint density at radius 2 is 1.56 bits per heavy atom. The van der Waals surface area contributed by atoms with E-state index in [1.54, 1.807) is 4.31 Å². The van der Waals surface area contributed by atoms with Crippen molar-refractivity contribution >= 4 is 16.3 Å². The SMILES string of the molecule is O=CC1CCN(S(=O)(=O)C2CCCC2)CC1. The van der Waals surface area contributed by atoms with Crippen molar-refractivity contribution in [2.75, 3.05) is 13.1 Å². The zero-order chi connectivity index (χ0) is 11.6. The molecule has 5 heteroatoms. The average Bonchev–Trinajstić information content (AvgIpc) is 2.83. The molecule has 1 aliphatic heterocycles. The van der Waals surface area contributed by atoms with Crippen molar-refractivity contribution in [1.29, 1.82) is 0 Å². The Bertz CT molecular complexity index is 338. The molecule has 4 nitrogen and oxygen atoms in total. The molecule has 1 heterocycles. The van der Waals surface area contributed by atoms with E-state index in [-0.39, 0.29) is 11.2 Å². The van der Waals surface area contributed by atoms with E-state index in [0.29, 0.717) is 25.9 Å². The third-order valence-corrected chi connectivity index (χ3v) is 6.17. The van der Waals surface area contributed by atoms with Gasteiger partial charge in [0, 0.05) is 19.0 Å². The van der Waals surface area contributed by atoms with Gasteiger partial charge >= 0.3 is 0 Å². The summed E-state index contributed by atoms with van der Waals surface area (Å²) in [5.74, 6) is 0.0648. The van der Waals surface area contributed by atoms with E-state index in [1.807, 2.05) is 0 Å². The summed E-state index contributed by atoms with van der Waals surface area (Å²) >= 11 is 0. The maximum absolute atomic E-state index is 12.2. The van der Waals surface area contributed by atoms with Crippen LogP contribution in [-0.4, -0.2) is 37.3 Å². The van der Waals surface area contributed by atoms with E-state index in [0.717, 1.165) is 32.0 Å².